The van der Waals surface area contributed by atoms with E-state index in [1.165, 1.54) is 11.1 Å². The highest BCUT2D eigenvalue weighted by molar-refractivity contribution is 5.74. The molecule has 0 heterocycles. The van der Waals surface area contributed by atoms with Crippen LogP contribution in [0.25, 0.3) is 0 Å². The number of hydrogen-bond donors (Lipinski definition) is 3. The Bertz CT molecular complexity index is 318. The minimum absolute atomic E-state index is 0.0122. The second-order valence-corrected chi connectivity index (χ2v) is 3.19. The molecule has 0 aromatic heterocycles. The maximum absolute atomic E-state index is 7.01. The Labute approximate surface area is 78.5 Å². The summed E-state index contributed by atoms with van der Waals surface area (Å²) in [4.78, 5) is 0. The molecule has 0 aliphatic heterocycles. The van der Waals surface area contributed by atoms with E-state index in [0.29, 0.717) is 6.54 Å². The molecule has 0 fully saturated rings. The van der Waals surface area contributed by atoms with Gasteiger partial charge in [-0.2, -0.15) is 0 Å². The third kappa shape index (κ3) is 2.78. The predicted octanol–water partition coefficient (Wildman–Crippen LogP) is 1.29. The molecule has 13 heavy (non-hydrogen) atoms. The quantitative estimate of drug-likeness (QED) is 0.471. The van der Waals surface area contributed by atoms with Gasteiger partial charge in [0.1, 0.15) is 0 Å². The fourth-order valence-electron chi connectivity index (χ4n) is 1.11. The van der Waals surface area contributed by atoms with Gasteiger partial charge >= 0.3 is 0 Å². The molecule has 1 rings (SSSR count). The van der Waals surface area contributed by atoms with Crippen LogP contribution in [-0.4, -0.2) is 5.96 Å². The molecule has 70 valence electrons. The van der Waals surface area contributed by atoms with Crippen LogP contribution >= 0.6 is 0 Å². The van der Waals surface area contributed by atoms with E-state index in [0.717, 1.165) is 5.56 Å². The first-order chi connectivity index (χ1) is 6.09. The normalized spacial score (nSPS) is 9.69. The molecule has 0 unspecified atom stereocenters. The molecule has 1 aromatic rings. The molecule has 0 aliphatic carbocycles. The van der Waals surface area contributed by atoms with Crippen LogP contribution in [0.15, 0.2) is 18.2 Å². The summed E-state index contributed by atoms with van der Waals surface area (Å²) in [6, 6.07) is 6.22. The molecule has 0 radical (unpaired) electrons. The highest BCUT2D eigenvalue weighted by Crippen LogP contribution is 2.09. The van der Waals surface area contributed by atoms with Gasteiger partial charge in [-0.15, -0.1) is 0 Å². The summed E-state index contributed by atoms with van der Waals surface area (Å²) in [5, 5.41) is 9.78. The summed E-state index contributed by atoms with van der Waals surface area (Å²) in [6.07, 6.45) is 0. The summed E-state index contributed by atoms with van der Waals surface area (Å²) < 4.78 is 0. The van der Waals surface area contributed by atoms with Gasteiger partial charge in [0.2, 0.25) is 0 Å². The number of rotatable bonds is 2. The van der Waals surface area contributed by atoms with E-state index in [9.17, 15) is 0 Å². The summed E-state index contributed by atoms with van der Waals surface area (Å²) in [7, 11) is 0. The van der Waals surface area contributed by atoms with Crippen LogP contribution in [-0.2, 0) is 6.54 Å². The van der Waals surface area contributed by atoms with Gasteiger partial charge < -0.3 is 11.1 Å². The number of benzene rings is 1. The SMILES string of the molecule is Cc1ccc(CNC(=N)N)cc1C. The van der Waals surface area contributed by atoms with Gasteiger partial charge in [0.05, 0.1) is 0 Å². The minimum atomic E-state index is 0.0122. The number of hydrogen-bond acceptors (Lipinski definition) is 1. The lowest BCUT2D eigenvalue weighted by molar-refractivity contribution is 0.894. The molecule has 3 nitrogen and oxygen atoms in total. The van der Waals surface area contributed by atoms with Gasteiger partial charge in [-0.1, -0.05) is 18.2 Å². The lowest BCUT2D eigenvalue weighted by Crippen LogP contribution is -2.29. The second kappa shape index (κ2) is 3.94. The molecule has 3 heteroatoms. The van der Waals surface area contributed by atoms with Crippen molar-refractivity contribution in [2.75, 3.05) is 0 Å². The van der Waals surface area contributed by atoms with Crippen LogP contribution in [0.2, 0.25) is 0 Å². The Morgan fingerprint density at radius 1 is 1.38 bits per heavy atom. The molecule has 0 bridgehead atoms. The van der Waals surface area contributed by atoms with Crippen molar-refractivity contribution in [3.63, 3.8) is 0 Å². The van der Waals surface area contributed by atoms with Gasteiger partial charge in [0.25, 0.3) is 0 Å². The zero-order chi connectivity index (χ0) is 9.84. The molecule has 0 aliphatic rings. The van der Waals surface area contributed by atoms with Crippen molar-refractivity contribution in [3.8, 4) is 0 Å². The number of nitrogens with two attached hydrogens (primary N) is 1. The summed E-state index contributed by atoms with van der Waals surface area (Å²) in [5.74, 6) is 0.0122. The van der Waals surface area contributed by atoms with Crippen molar-refractivity contribution in [1.82, 2.24) is 5.32 Å². The van der Waals surface area contributed by atoms with Gasteiger partial charge in [-0.3, -0.25) is 5.41 Å². The summed E-state index contributed by atoms with van der Waals surface area (Å²) in [6.45, 7) is 4.78. The van der Waals surface area contributed by atoms with Crippen molar-refractivity contribution >= 4 is 5.96 Å². The van der Waals surface area contributed by atoms with Crippen LogP contribution in [0, 0.1) is 19.3 Å². The predicted molar refractivity (Wildman–Crippen MR) is 54.7 cm³/mol. The van der Waals surface area contributed by atoms with E-state index in [1.807, 2.05) is 6.07 Å². The zero-order valence-corrected chi connectivity index (χ0v) is 8.02. The van der Waals surface area contributed by atoms with Gasteiger partial charge in [-0.05, 0) is 30.5 Å². The minimum Gasteiger partial charge on any atom is -0.370 e. The maximum atomic E-state index is 7.01. The van der Waals surface area contributed by atoms with Crippen LogP contribution in [0.4, 0.5) is 0 Å². The first kappa shape index (κ1) is 9.58. The lowest BCUT2D eigenvalue weighted by Gasteiger charge is -2.06. The third-order valence-electron chi connectivity index (χ3n) is 2.05. The Morgan fingerprint density at radius 3 is 2.62 bits per heavy atom. The Balaban J connectivity index is 2.68. The smallest absolute Gasteiger partial charge is 0.185 e. The fraction of sp³-hybridized carbons (Fsp3) is 0.300. The topological polar surface area (TPSA) is 61.9 Å². The van der Waals surface area contributed by atoms with E-state index in [4.69, 9.17) is 11.1 Å². The summed E-state index contributed by atoms with van der Waals surface area (Å²) in [5.41, 5.74) is 8.88. The Morgan fingerprint density at radius 2 is 2.08 bits per heavy atom. The number of nitrogens with one attached hydrogen (secondary N) is 2. The van der Waals surface area contributed by atoms with Crippen LogP contribution in [0.1, 0.15) is 16.7 Å². The zero-order valence-electron chi connectivity index (χ0n) is 8.02. The summed E-state index contributed by atoms with van der Waals surface area (Å²) >= 11 is 0. The molecule has 0 saturated heterocycles. The van der Waals surface area contributed by atoms with Gasteiger partial charge in [-0.25, -0.2) is 0 Å². The molecule has 0 amide bonds. The van der Waals surface area contributed by atoms with Gasteiger partial charge in [0.15, 0.2) is 5.96 Å². The second-order valence-electron chi connectivity index (χ2n) is 3.19. The van der Waals surface area contributed by atoms with Crippen molar-refractivity contribution < 1.29 is 0 Å². The van der Waals surface area contributed by atoms with E-state index < -0.39 is 0 Å². The number of guanidine groups is 1. The molecular weight excluding hydrogens is 162 g/mol. The largest absolute Gasteiger partial charge is 0.370 e. The lowest BCUT2D eigenvalue weighted by atomic mass is 10.1. The van der Waals surface area contributed by atoms with Gasteiger partial charge in [0, 0.05) is 6.54 Å². The first-order valence-corrected chi connectivity index (χ1v) is 4.23. The highest BCUT2D eigenvalue weighted by Gasteiger charge is 1.95. The molecule has 0 atom stereocenters. The van der Waals surface area contributed by atoms with E-state index in [-0.39, 0.29) is 5.96 Å². The van der Waals surface area contributed by atoms with E-state index in [1.54, 1.807) is 0 Å². The Hall–Kier alpha value is -1.51. The molecule has 1 aromatic carbocycles. The molecule has 0 spiro atoms. The van der Waals surface area contributed by atoms with Crippen LogP contribution in [0.3, 0.4) is 0 Å². The fourth-order valence-corrected chi connectivity index (χ4v) is 1.11. The van der Waals surface area contributed by atoms with Crippen LogP contribution in [0.5, 0.6) is 0 Å². The first-order valence-electron chi connectivity index (χ1n) is 4.23. The van der Waals surface area contributed by atoms with E-state index >= 15 is 0 Å². The van der Waals surface area contributed by atoms with Crippen molar-refractivity contribution in [2.24, 2.45) is 5.73 Å². The van der Waals surface area contributed by atoms with E-state index in [2.05, 4.69) is 31.3 Å². The van der Waals surface area contributed by atoms with Crippen molar-refractivity contribution in [3.05, 3.63) is 34.9 Å². The molecule has 0 saturated carbocycles. The average Bonchev–Trinajstić information content (AvgIpc) is 2.07. The molecule has 4 N–H and O–H groups in total. The highest BCUT2D eigenvalue weighted by atomic mass is 15.0. The number of aryl methyl sites for hydroxylation is 2. The van der Waals surface area contributed by atoms with Crippen LogP contribution < -0.4 is 11.1 Å². The maximum Gasteiger partial charge on any atom is 0.185 e. The average molecular weight is 177 g/mol. The third-order valence-corrected chi connectivity index (χ3v) is 2.05. The monoisotopic (exact) mass is 177 g/mol. The standard InChI is InChI=1S/C10H15N3/c1-7-3-4-9(5-8(7)2)6-13-10(11)12/h3-5H,6H2,1-2H3,(H4,11,12,13). The Kier molecular flexibility index (Phi) is 2.90. The van der Waals surface area contributed by atoms with Crippen molar-refractivity contribution in [1.29, 1.82) is 5.41 Å². The van der Waals surface area contributed by atoms with Crippen molar-refractivity contribution in [2.45, 2.75) is 20.4 Å². The molecular formula is C10H15N3.